The first-order chi connectivity index (χ1) is 13.0. The Morgan fingerprint density at radius 2 is 1.89 bits per heavy atom. The summed E-state index contributed by atoms with van der Waals surface area (Å²) in [6.45, 7) is 2.53. The van der Waals surface area contributed by atoms with Crippen LogP contribution in [0.15, 0.2) is 48.5 Å². The zero-order valence-electron chi connectivity index (χ0n) is 15.3. The minimum atomic E-state index is -0.689. The van der Waals surface area contributed by atoms with Gasteiger partial charge in [-0.25, -0.2) is 4.79 Å². The van der Waals surface area contributed by atoms with Gasteiger partial charge in [-0.15, -0.1) is 0 Å². The number of amides is 2. The second kappa shape index (κ2) is 9.22. The number of hydrogen-bond donors (Lipinski definition) is 3. The van der Waals surface area contributed by atoms with Crippen LogP contribution in [-0.4, -0.2) is 17.4 Å². The van der Waals surface area contributed by atoms with Crippen LogP contribution in [0.2, 0.25) is 5.02 Å². The van der Waals surface area contributed by atoms with Crippen LogP contribution in [0.25, 0.3) is 0 Å². The van der Waals surface area contributed by atoms with E-state index in [0.29, 0.717) is 17.3 Å². The molecule has 2 unspecified atom stereocenters. The number of benzene rings is 2. The molecule has 1 fully saturated rings. The summed E-state index contributed by atoms with van der Waals surface area (Å²) < 4.78 is 5.68. The van der Waals surface area contributed by atoms with Gasteiger partial charge >= 0.3 is 6.03 Å². The van der Waals surface area contributed by atoms with E-state index < -0.39 is 6.29 Å². The van der Waals surface area contributed by atoms with E-state index in [0.717, 1.165) is 30.4 Å². The van der Waals surface area contributed by atoms with Gasteiger partial charge in [0, 0.05) is 23.2 Å². The van der Waals surface area contributed by atoms with Gasteiger partial charge in [-0.2, -0.15) is 0 Å². The number of urea groups is 1. The number of ether oxygens (including phenoxy) is 1. The highest BCUT2D eigenvalue weighted by atomic mass is 35.5. The van der Waals surface area contributed by atoms with E-state index in [2.05, 4.69) is 17.6 Å². The van der Waals surface area contributed by atoms with E-state index in [1.807, 2.05) is 36.4 Å². The molecule has 1 heterocycles. The zero-order valence-corrected chi connectivity index (χ0v) is 16.1. The fraction of sp³-hybridized carbons (Fsp3) is 0.381. The molecular weight excluding hydrogens is 364 g/mol. The fourth-order valence-corrected chi connectivity index (χ4v) is 3.44. The van der Waals surface area contributed by atoms with E-state index in [1.54, 1.807) is 12.1 Å². The molecule has 3 atom stereocenters. The van der Waals surface area contributed by atoms with Crippen LogP contribution in [0, 0.1) is 5.92 Å². The summed E-state index contributed by atoms with van der Waals surface area (Å²) in [6.07, 6.45) is 2.04. The maximum atomic E-state index is 12.0. The molecule has 6 heteroatoms. The van der Waals surface area contributed by atoms with Crippen molar-refractivity contribution in [1.29, 1.82) is 0 Å². The molecule has 144 valence electrons. The van der Waals surface area contributed by atoms with Crippen LogP contribution < -0.4 is 10.6 Å². The van der Waals surface area contributed by atoms with Gasteiger partial charge in [0.2, 0.25) is 0 Å². The second-order valence-electron chi connectivity index (χ2n) is 6.86. The lowest BCUT2D eigenvalue weighted by Crippen LogP contribution is -2.28. The van der Waals surface area contributed by atoms with Gasteiger partial charge in [-0.1, -0.05) is 49.2 Å². The van der Waals surface area contributed by atoms with Crippen molar-refractivity contribution >= 4 is 23.3 Å². The van der Waals surface area contributed by atoms with Crippen molar-refractivity contribution in [2.45, 2.75) is 45.1 Å². The maximum Gasteiger partial charge on any atom is 0.319 e. The van der Waals surface area contributed by atoms with Crippen LogP contribution in [0.4, 0.5) is 10.5 Å². The summed E-state index contributed by atoms with van der Waals surface area (Å²) in [5.41, 5.74) is 2.69. The number of carbonyl (C=O) groups is 1. The van der Waals surface area contributed by atoms with Crippen LogP contribution in [0.1, 0.15) is 43.4 Å². The monoisotopic (exact) mass is 388 g/mol. The Labute approximate surface area is 164 Å². The first kappa shape index (κ1) is 19.7. The first-order valence-corrected chi connectivity index (χ1v) is 9.65. The second-order valence-corrected chi connectivity index (χ2v) is 7.29. The predicted molar refractivity (Wildman–Crippen MR) is 107 cm³/mol. The molecule has 0 bridgehead atoms. The van der Waals surface area contributed by atoms with E-state index in [4.69, 9.17) is 16.3 Å². The molecule has 2 aromatic carbocycles. The molecule has 1 aliphatic heterocycles. The highest BCUT2D eigenvalue weighted by molar-refractivity contribution is 6.30. The number of rotatable bonds is 6. The topological polar surface area (TPSA) is 70.6 Å². The largest absolute Gasteiger partial charge is 0.368 e. The molecule has 1 saturated heterocycles. The molecule has 27 heavy (non-hydrogen) atoms. The van der Waals surface area contributed by atoms with Crippen molar-refractivity contribution in [2.75, 3.05) is 5.32 Å². The lowest BCUT2D eigenvalue weighted by Gasteiger charge is -2.12. The van der Waals surface area contributed by atoms with E-state index in [9.17, 15) is 9.90 Å². The third-order valence-corrected chi connectivity index (χ3v) is 5.04. The van der Waals surface area contributed by atoms with Gasteiger partial charge in [-0.05, 0) is 48.2 Å². The highest BCUT2D eigenvalue weighted by Gasteiger charge is 2.33. The smallest absolute Gasteiger partial charge is 0.319 e. The molecule has 0 aliphatic carbocycles. The van der Waals surface area contributed by atoms with Crippen LogP contribution in [-0.2, 0) is 11.3 Å². The van der Waals surface area contributed by atoms with Crippen molar-refractivity contribution in [1.82, 2.24) is 5.32 Å². The molecule has 0 aromatic heterocycles. The third kappa shape index (κ3) is 5.45. The standard InChI is InChI=1S/C21H25ClN2O3/c1-2-3-16-12-19(27-20(16)25)15-6-10-18(11-7-15)24-21(26)23-13-14-4-8-17(22)9-5-14/h4-11,16,19-20,25H,2-3,12-13H2,1H3,(H2,23,24,26)/t16?,19-,20?/m1/s1. The SMILES string of the molecule is CCCC1C[C@H](c2ccc(NC(=O)NCc3ccc(Cl)cc3)cc2)OC1O. The summed E-state index contributed by atoms with van der Waals surface area (Å²) in [6, 6.07) is 14.6. The molecule has 0 spiro atoms. The summed E-state index contributed by atoms with van der Waals surface area (Å²) in [5.74, 6) is 0.191. The summed E-state index contributed by atoms with van der Waals surface area (Å²) >= 11 is 5.85. The highest BCUT2D eigenvalue weighted by Crippen LogP contribution is 2.38. The number of hydrogen-bond acceptors (Lipinski definition) is 3. The lowest BCUT2D eigenvalue weighted by atomic mass is 9.96. The molecule has 0 radical (unpaired) electrons. The lowest BCUT2D eigenvalue weighted by molar-refractivity contribution is -0.110. The molecule has 2 aromatic rings. The minimum Gasteiger partial charge on any atom is -0.368 e. The average Bonchev–Trinajstić information content (AvgIpc) is 3.03. The van der Waals surface area contributed by atoms with Gasteiger partial charge in [-0.3, -0.25) is 0 Å². The zero-order chi connectivity index (χ0) is 19.2. The molecule has 5 nitrogen and oxygen atoms in total. The normalized spacial score (nSPS) is 21.8. The van der Waals surface area contributed by atoms with Crippen LogP contribution in [0.5, 0.6) is 0 Å². The number of halogens is 1. The van der Waals surface area contributed by atoms with Crippen molar-refractivity contribution in [3.63, 3.8) is 0 Å². The Morgan fingerprint density at radius 1 is 1.19 bits per heavy atom. The first-order valence-electron chi connectivity index (χ1n) is 9.28. The molecular formula is C21H25ClN2O3. The number of aliphatic hydroxyl groups excluding tert-OH is 1. The Balaban J connectivity index is 1.50. The average molecular weight is 389 g/mol. The summed E-state index contributed by atoms with van der Waals surface area (Å²) in [5, 5.41) is 16.3. The van der Waals surface area contributed by atoms with Gasteiger partial charge in [0.05, 0.1) is 6.10 Å². The Bertz CT molecular complexity index is 749. The molecule has 1 aliphatic rings. The van der Waals surface area contributed by atoms with E-state index in [-0.39, 0.29) is 18.1 Å². The van der Waals surface area contributed by atoms with Crippen molar-refractivity contribution in [3.8, 4) is 0 Å². The summed E-state index contributed by atoms with van der Waals surface area (Å²) in [4.78, 5) is 12.0. The summed E-state index contributed by atoms with van der Waals surface area (Å²) in [7, 11) is 0. The number of carbonyl (C=O) groups excluding carboxylic acids is 1. The predicted octanol–water partition coefficient (Wildman–Crippen LogP) is 4.86. The van der Waals surface area contributed by atoms with Gasteiger partial charge in [0.15, 0.2) is 6.29 Å². The maximum absolute atomic E-state index is 12.0. The quantitative estimate of drug-likeness (QED) is 0.661. The molecule has 0 saturated carbocycles. The third-order valence-electron chi connectivity index (χ3n) is 4.79. The number of nitrogens with one attached hydrogen (secondary N) is 2. The van der Waals surface area contributed by atoms with Crippen LogP contribution in [0.3, 0.4) is 0 Å². The Morgan fingerprint density at radius 3 is 2.56 bits per heavy atom. The Kier molecular flexibility index (Phi) is 6.72. The fourth-order valence-electron chi connectivity index (χ4n) is 3.31. The molecule has 3 N–H and O–H groups in total. The van der Waals surface area contributed by atoms with Crippen molar-refractivity contribution in [2.24, 2.45) is 5.92 Å². The Hall–Kier alpha value is -2.08. The van der Waals surface area contributed by atoms with Gasteiger partial charge in [0.1, 0.15) is 0 Å². The minimum absolute atomic E-state index is 0.0932. The number of anilines is 1. The van der Waals surface area contributed by atoms with E-state index in [1.165, 1.54) is 0 Å². The molecule has 3 rings (SSSR count). The van der Waals surface area contributed by atoms with Gasteiger partial charge < -0.3 is 20.5 Å². The van der Waals surface area contributed by atoms with Crippen LogP contribution >= 0.6 is 11.6 Å². The van der Waals surface area contributed by atoms with Crippen molar-refractivity contribution in [3.05, 3.63) is 64.7 Å². The molecule has 2 amide bonds. The number of aliphatic hydroxyl groups is 1. The van der Waals surface area contributed by atoms with E-state index >= 15 is 0 Å². The van der Waals surface area contributed by atoms with Gasteiger partial charge in [0.25, 0.3) is 0 Å². The van der Waals surface area contributed by atoms with Crippen molar-refractivity contribution < 1.29 is 14.6 Å².